The number of benzene rings is 2. The van der Waals surface area contributed by atoms with Crippen molar-refractivity contribution in [2.45, 2.75) is 19.9 Å². The van der Waals surface area contributed by atoms with Gasteiger partial charge in [-0.3, -0.25) is 4.79 Å². The zero-order valence-corrected chi connectivity index (χ0v) is 15.3. The highest BCUT2D eigenvalue weighted by atomic mass is 16.5. The van der Waals surface area contributed by atoms with E-state index in [1.54, 1.807) is 4.90 Å². The van der Waals surface area contributed by atoms with Crippen molar-refractivity contribution in [3.63, 3.8) is 0 Å². The molecule has 5 nitrogen and oxygen atoms in total. The Hall–Kier alpha value is -2.37. The Morgan fingerprint density at radius 3 is 2.46 bits per heavy atom. The summed E-state index contributed by atoms with van der Waals surface area (Å²) in [7, 11) is 0. The van der Waals surface area contributed by atoms with Gasteiger partial charge < -0.3 is 19.7 Å². The molecule has 0 radical (unpaired) electrons. The van der Waals surface area contributed by atoms with Crippen molar-refractivity contribution < 1.29 is 19.2 Å². The molecule has 0 aliphatic carbocycles. The lowest BCUT2D eigenvalue weighted by atomic mass is 10.2. The number of ether oxygens (including phenoxy) is 2. The predicted molar refractivity (Wildman–Crippen MR) is 102 cm³/mol. The van der Waals surface area contributed by atoms with Crippen molar-refractivity contribution in [2.24, 2.45) is 0 Å². The number of hydrogen-bond acceptors (Lipinski definition) is 3. The van der Waals surface area contributed by atoms with E-state index in [9.17, 15) is 4.79 Å². The highest BCUT2D eigenvalue weighted by molar-refractivity contribution is 5.90. The van der Waals surface area contributed by atoms with Crippen LogP contribution in [0.15, 0.2) is 48.5 Å². The second-order valence-corrected chi connectivity index (χ2v) is 6.70. The van der Waals surface area contributed by atoms with Crippen LogP contribution in [0.1, 0.15) is 17.5 Å². The third-order valence-corrected chi connectivity index (χ3v) is 4.51. The van der Waals surface area contributed by atoms with Gasteiger partial charge >= 0.3 is 0 Å². The number of rotatable bonds is 7. The molecule has 1 amide bonds. The Labute approximate surface area is 154 Å². The van der Waals surface area contributed by atoms with E-state index < -0.39 is 0 Å². The summed E-state index contributed by atoms with van der Waals surface area (Å²) >= 11 is 0. The van der Waals surface area contributed by atoms with E-state index in [1.165, 1.54) is 11.1 Å². The van der Waals surface area contributed by atoms with Crippen LogP contribution in [0.4, 0.5) is 5.69 Å². The van der Waals surface area contributed by atoms with Crippen molar-refractivity contribution in [2.75, 3.05) is 38.2 Å². The van der Waals surface area contributed by atoms with Crippen molar-refractivity contribution >= 4 is 11.6 Å². The van der Waals surface area contributed by atoms with Crippen molar-refractivity contribution in [1.82, 2.24) is 0 Å². The van der Waals surface area contributed by atoms with Crippen LogP contribution in [0, 0.1) is 6.92 Å². The number of nitrogens with one attached hydrogen (secondary N) is 2. The molecule has 2 aromatic rings. The van der Waals surface area contributed by atoms with E-state index in [0.717, 1.165) is 44.3 Å². The summed E-state index contributed by atoms with van der Waals surface area (Å²) in [6.45, 7) is 7.20. The van der Waals surface area contributed by atoms with E-state index >= 15 is 0 Å². The summed E-state index contributed by atoms with van der Waals surface area (Å²) < 4.78 is 11.0. The fourth-order valence-corrected chi connectivity index (χ4v) is 2.95. The second kappa shape index (κ2) is 9.36. The molecule has 1 saturated heterocycles. The number of carbonyl (C=O) groups is 1. The Bertz CT molecular complexity index is 692. The summed E-state index contributed by atoms with van der Waals surface area (Å²) in [4.78, 5) is 13.6. The van der Waals surface area contributed by atoms with Crippen LogP contribution < -0.4 is 15.0 Å². The first kappa shape index (κ1) is 18.4. The maximum Gasteiger partial charge on any atom is 0.227 e. The number of amides is 1. The molecule has 3 rings (SSSR count). The van der Waals surface area contributed by atoms with Crippen LogP contribution in [0.2, 0.25) is 0 Å². The van der Waals surface area contributed by atoms with Gasteiger partial charge in [0.15, 0.2) is 0 Å². The smallest absolute Gasteiger partial charge is 0.227 e. The number of carbonyl (C=O) groups excluding carboxylic acids is 1. The Balaban J connectivity index is 1.40. The third-order valence-electron chi connectivity index (χ3n) is 4.51. The largest absolute Gasteiger partial charge is 0.493 e. The molecule has 0 unspecified atom stereocenters. The molecule has 0 saturated carbocycles. The van der Waals surface area contributed by atoms with Gasteiger partial charge in [-0.2, -0.15) is 0 Å². The quantitative estimate of drug-likeness (QED) is 0.797. The normalized spacial score (nSPS) is 14.8. The SMILES string of the molecule is Cc1ccc(OCCC(=O)Nc2ccc(C[NH+]3CCOCC3)cc2)cc1. The fourth-order valence-electron chi connectivity index (χ4n) is 2.95. The molecule has 0 aromatic heterocycles. The summed E-state index contributed by atoms with van der Waals surface area (Å²) in [6, 6.07) is 15.9. The molecule has 1 heterocycles. The highest BCUT2D eigenvalue weighted by Crippen LogP contribution is 2.12. The number of aryl methyl sites for hydroxylation is 1. The van der Waals surface area contributed by atoms with Gasteiger partial charge in [0.1, 0.15) is 25.4 Å². The van der Waals surface area contributed by atoms with Crippen LogP contribution in [0.5, 0.6) is 5.75 Å². The Kier molecular flexibility index (Phi) is 6.63. The third kappa shape index (κ3) is 5.86. The van der Waals surface area contributed by atoms with Gasteiger partial charge in [0.2, 0.25) is 5.91 Å². The Morgan fingerprint density at radius 1 is 1.08 bits per heavy atom. The monoisotopic (exact) mass is 355 g/mol. The standard InChI is InChI=1S/C21H26N2O3/c1-17-2-8-20(9-3-17)26-13-10-21(24)22-19-6-4-18(5-7-19)16-23-11-14-25-15-12-23/h2-9H,10-16H2,1H3,(H,22,24)/p+1. The molecule has 138 valence electrons. The summed E-state index contributed by atoms with van der Waals surface area (Å²) in [6.07, 6.45) is 0.327. The fraction of sp³-hybridized carbons (Fsp3) is 0.381. The van der Waals surface area contributed by atoms with Crippen LogP contribution in [-0.2, 0) is 16.1 Å². The molecule has 26 heavy (non-hydrogen) atoms. The van der Waals surface area contributed by atoms with Gasteiger partial charge in [0, 0.05) is 11.3 Å². The van der Waals surface area contributed by atoms with Gasteiger partial charge in [0.05, 0.1) is 26.2 Å². The Morgan fingerprint density at radius 2 is 1.77 bits per heavy atom. The summed E-state index contributed by atoms with van der Waals surface area (Å²) in [5.74, 6) is 0.752. The lowest BCUT2D eigenvalue weighted by Gasteiger charge is -2.23. The van der Waals surface area contributed by atoms with Crippen LogP contribution in [0.3, 0.4) is 0 Å². The lowest BCUT2D eigenvalue weighted by molar-refractivity contribution is -0.921. The maximum absolute atomic E-state index is 12.0. The van der Waals surface area contributed by atoms with Crippen LogP contribution in [-0.4, -0.2) is 38.8 Å². The zero-order valence-electron chi connectivity index (χ0n) is 15.3. The van der Waals surface area contributed by atoms with Crippen LogP contribution in [0.25, 0.3) is 0 Å². The lowest BCUT2D eigenvalue weighted by Crippen LogP contribution is -3.12. The maximum atomic E-state index is 12.0. The molecule has 0 atom stereocenters. The molecule has 1 fully saturated rings. The van der Waals surface area contributed by atoms with E-state index in [0.29, 0.717) is 13.0 Å². The summed E-state index contributed by atoms with van der Waals surface area (Å²) in [5, 5.41) is 2.92. The first-order chi connectivity index (χ1) is 12.7. The number of morpholine rings is 1. The van der Waals surface area contributed by atoms with Crippen LogP contribution >= 0.6 is 0 Å². The van der Waals surface area contributed by atoms with Gasteiger partial charge in [-0.05, 0) is 31.2 Å². The first-order valence-corrected chi connectivity index (χ1v) is 9.18. The van der Waals surface area contributed by atoms with E-state index in [2.05, 4.69) is 17.4 Å². The molecule has 2 N–H and O–H groups in total. The van der Waals surface area contributed by atoms with Gasteiger partial charge in [-0.25, -0.2) is 0 Å². The molecule has 1 aliphatic rings. The number of anilines is 1. The molecule has 5 heteroatoms. The average molecular weight is 355 g/mol. The van der Waals surface area contributed by atoms with E-state index in [4.69, 9.17) is 9.47 Å². The predicted octanol–water partition coefficient (Wildman–Crippen LogP) is 1.82. The van der Waals surface area contributed by atoms with Gasteiger partial charge in [-0.1, -0.05) is 29.8 Å². The minimum Gasteiger partial charge on any atom is -0.493 e. The van der Waals surface area contributed by atoms with E-state index in [-0.39, 0.29) is 5.91 Å². The first-order valence-electron chi connectivity index (χ1n) is 9.18. The molecular formula is C21H27N2O3+. The topological polar surface area (TPSA) is 52.0 Å². The molecule has 0 spiro atoms. The van der Waals surface area contributed by atoms with Gasteiger partial charge in [0.25, 0.3) is 0 Å². The average Bonchev–Trinajstić information content (AvgIpc) is 2.66. The highest BCUT2D eigenvalue weighted by Gasteiger charge is 2.14. The van der Waals surface area contributed by atoms with Gasteiger partial charge in [-0.15, -0.1) is 0 Å². The molecule has 0 bridgehead atoms. The minimum absolute atomic E-state index is 0.0383. The van der Waals surface area contributed by atoms with Crippen molar-refractivity contribution in [1.29, 1.82) is 0 Å². The second-order valence-electron chi connectivity index (χ2n) is 6.70. The van der Waals surface area contributed by atoms with Crippen molar-refractivity contribution in [3.05, 3.63) is 59.7 Å². The summed E-state index contributed by atoms with van der Waals surface area (Å²) in [5.41, 5.74) is 3.29. The molecule has 1 aliphatic heterocycles. The zero-order chi connectivity index (χ0) is 18.2. The minimum atomic E-state index is -0.0383. The van der Waals surface area contributed by atoms with E-state index in [1.807, 2.05) is 43.3 Å². The molecular weight excluding hydrogens is 328 g/mol. The van der Waals surface area contributed by atoms with Crippen molar-refractivity contribution in [3.8, 4) is 5.75 Å². The molecule has 2 aromatic carbocycles. The number of quaternary nitrogens is 1. The number of hydrogen-bond donors (Lipinski definition) is 2.